The predicted octanol–water partition coefficient (Wildman–Crippen LogP) is 3.85. The van der Waals surface area contributed by atoms with Gasteiger partial charge in [0.25, 0.3) is 5.91 Å². The Kier molecular flexibility index (Phi) is 10.9. The van der Waals surface area contributed by atoms with Crippen LogP contribution in [0.5, 0.6) is 0 Å². The summed E-state index contributed by atoms with van der Waals surface area (Å²) in [6, 6.07) is 25.1. The molecule has 0 unspecified atom stereocenters. The number of aliphatic hydroxyl groups is 1. The minimum atomic E-state index is -5.19. The number of ether oxygens (including phenoxy) is 1. The number of benzene rings is 3. The van der Waals surface area contributed by atoms with Gasteiger partial charge in [0.2, 0.25) is 5.60 Å². The summed E-state index contributed by atoms with van der Waals surface area (Å²) in [5.74, 6) is -3.50. The molecule has 3 aliphatic rings. The molecule has 3 fully saturated rings. The van der Waals surface area contributed by atoms with E-state index in [2.05, 4.69) is 5.32 Å². The van der Waals surface area contributed by atoms with Crippen molar-refractivity contribution in [2.75, 3.05) is 32.7 Å². The van der Waals surface area contributed by atoms with Gasteiger partial charge in [-0.2, -0.15) is 13.2 Å². The summed E-state index contributed by atoms with van der Waals surface area (Å²) in [6.45, 7) is 4.26. The third kappa shape index (κ3) is 8.22. The largest absolute Gasteiger partial charge is 0.542 e. The van der Waals surface area contributed by atoms with Crippen molar-refractivity contribution in [2.24, 2.45) is 5.92 Å². The van der Waals surface area contributed by atoms with Crippen LogP contribution in [0.15, 0.2) is 84.9 Å². The monoisotopic (exact) mass is 646 g/mol. The van der Waals surface area contributed by atoms with Crippen molar-refractivity contribution in [3.8, 4) is 0 Å². The van der Waals surface area contributed by atoms with Crippen LogP contribution in [0.1, 0.15) is 40.7 Å². The van der Waals surface area contributed by atoms with Crippen LogP contribution in [-0.4, -0.2) is 72.4 Å². The molecule has 3 aromatic rings. The van der Waals surface area contributed by atoms with E-state index in [1.807, 2.05) is 36.4 Å². The average Bonchev–Trinajstić information content (AvgIpc) is 3.04. The third-order valence-corrected chi connectivity index (χ3v) is 8.75. The Morgan fingerprint density at radius 1 is 0.911 bits per heavy atom. The van der Waals surface area contributed by atoms with Gasteiger partial charge < -0.3 is 29.5 Å². The van der Waals surface area contributed by atoms with Crippen LogP contribution in [0.4, 0.5) is 13.2 Å². The van der Waals surface area contributed by atoms with E-state index in [1.165, 1.54) is 0 Å². The van der Waals surface area contributed by atoms with Gasteiger partial charge in [-0.25, -0.2) is 4.79 Å². The van der Waals surface area contributed by atoms with E-state index < -0.39 is 23.7 Å². The number of hydrogen-bond donors (Lipinski definition) is 2. The molecule has 45 heavy (non-hydrogen) atoms. The van der Waals surface area contributed by atoms with Gasteiger partial charge in [-0.05, 0) is 23.3 Å². The van der Waals surface area contributed by atoms with Crippen molar-refractivity contribution in [2.45, 2.75) is 37.1 Å². The van der Waals surface area contributed by atoms with Gasteiger partial charge in [0.1, 0.15) is 12.5 Å². The first kappa shape index (κ1) is 34.0. The summed E-state index contributed by atoms with van der Waals surface area (Å²) >= 11 is 6.15. The summed E-state index contributed by atoms with van der Waals surface area (Å²) in [5.41, 5.74) is -0.398. The molecule has 3 heterocycles. The van der Waals surface area contributed by atoms with Gasteiger partial charge in [0, 0.05) is 31.7 Å². The first-order valence-electron chi connectivity index (χ1n) is 14.6. The molecular weight excluding hydrogens is 613 g/mol. The number of esters is 1. The van der Waals surface area contributed by atoms with Crippen LogP contribution < -0.4 is 10.4 Å². The SMILES string of the molecule is O=C(NCCC[N+]12CCC(CC1)[C@@H](OC(=O)C(O)(c1ccccc1)c1ccccc1)C2)c1ccccc1Cl.O=C([O-])C(F)(F)F. The van der Waals surface area contributed by atoms with Crippen molar-refractivity contribution in [3.05, 3.63) is 107 Å². The second kappa shape index (κ2) is 14.4. The number of piperidine rings is 3. The molecule has 0 spiro atoms. The predicted molar refractivity (Wildman–Crippen MR) is 158 cm³/mol. The number of carbonyl (C=O) groups is 3. The minimum Gasteiger partial charge on any atom is -0.542 e. The van der Waals surface area contributed by atoms with Crippen LogP contribution in [0.25, 0.3) is 0 Å². The highest BCUT2D eigenvalue weighted by atomic mass is 35.5. The van der Waals surface area contributed by atoms with Crippen LogP contribution >= 0.6 is 11.6 Å². The van der Waals surface area contributed by atoms with Crippen molar-refractivity contribution >= 4 is 29.4 Å². The van der Waals surface area contributed by atoms with E-state index in [0.29, 0.717) is 34.2 Å². The Hall–Kier alpha value is -3.93. The number of carbonyl (C=O) groups excluding carboxylic acids is 3. The molecule has 240 valence electrons. The Bertz CT molecular complexity index is 1420. The molecule has 1 amide bonds. The van der Waals surface area contributed by atoms with Crippen molar-refractivity contribution in [1.29, 1.82) is 0 Å². The highest BCUT2D eigenvalue weighted by molar-refractivity contribution is 6.33. The lowest BCUT2D eigenvalue weighted by atomic mass is 9.82. The number of fused-ring (bicyclic) bond motifs is 3. The smallest absolute Gasteiger partial charge is 0.430 e. The quantitative estimate of drug-likeness (QED) is 0.207. The minimum absolute atomic E-state index is 0.166. The van der Waals surface area contributed by atoms with E-state index in [1.54, 1.807) is 48.5 Å². The third-order valence-electron chi connectivity index (χ3n) is 8.42. The van der Waals surface area contributed by atoms with E-state index in [9.17, 15) is 27.9 Å². The highest BCUT2D eigenvalue weighted by Crippen LogP contribution is 2.38. The maximum Gasteiger partial charge on any atom is 0.430 e. The summed E-state index contributed by atoms with van der Waals surface area (Å²) in [4.78, 5) is 35.0. The fourth-order valence-corrected chi connectivity index (χ4v) is 6.23. The molecule has 0 saturated carbocycles. The number of aliphatic carboxylic acids is 1. The van der Waals surface area contributed by atoms with Gasteiger partial charge in [-0.15, -0.1) is 0 Å². The maximum atomic E-state index is 13.7. The van der Waals surface area contributed by atoms with Crippen LogP contribution in [-0.2, 0) is 19.9 Å². The first-order chi connectivity index (χ1) is 21.4. The van der Waals surface area contributed by atoms with Gasteiger partial charge in [-0.1, -0.05) is 84.4 Å². The number of carboxylic acid groups (broad SMARTS) is 1. The zero-order valence-corrected chi connectivity index (χ0v) is 25.1. The summed E-state index contributed by atoms with van der Waals surface area (Å²) in [6.07, 6.45) is -2.65. The number of nitrogens with one attached hydrogen (secondary N) is 1. The molecule has 3 saturated heterocycles. The van der Waals surface area contributed by atoms with Gasteiger partial charge >= 0.3 is 12.1 Å². The van der Waals surface area contributed by atoms with E-state index in [0.717, 1.165) is 49.9 Å². The first-order valence-corrected chi connectivity index (χ1v) is 14.9. The summed E-state index contributed by atoms with van der Waals surface area (Å²) in [7, 11) is 0. The molecule has 12 heteroatoms. The number of nitrogens with zero attached hydrogens (tertiary/aromatic N) is 1. The molecule has 2 bridgehead atoms. The molecule has 0 aromatic heterocycles. The number of hydrogen-bond acceptors (Lipinski definition) is 6. The number of quaternary nitrogens is 1. The zero-order valence-electron chi connectivity index (χ0n) is 24.3. The lowest BCUT2D eigenvalue weighted by molar-refractivity contribution is -0.946. The van der Waals surface area contributed by atoms with Crippen molar-refractivity contribution in [3.63, 3.8) is 0 Å². The van der Waals surface area contributed by atoms with Gasteiger partial charge in [0.05, 0.1) is 30.2 Å². The Balaban J connectivity index is 0.000000591. The molecule has 8 nitrogen and oxygen atoms in total. The second-order valence-electron chi connectivity index (χ2n) is 11.3. The lowest BCUT2D eigenvalue weighted by Gasteiger charge is -2.52. The average molecular weight is 647 g/mol. The number of alkyl halides is 3. The molecule has 0 radical (unpaired) electrons. The Morgan fingerprint density at radius 3 is 1.93 bits per heavy atom. The van der Waals surface area contributed by atoms with Crippen LogP contribution in [0.3, 0.4) is 0 Å². The molecule has 6 rings (SSSR count). The number of halogens is 4. The summed E-state index contributed by atoms with van der Waals surface area (Å²) in [5, 5.41) is 24.0. The van der Waals surface area contributed by atoms with Crippen LogP contribution in [0.2, 0.25) is 5.02 Å². The van der Waals surface area contributed by atoms with Crippen molar-refractivity contribution in [1.82, 2.24) is 5.32 Å². The molecule has 0 aliphatic carbocycles. The van der Waals surface area contributed by atoms with Crippen molar-refractivity contribution < 1.29 is 47.0 Å². The topological polar surface area (TPSA) is 116 Å². The van der Waals surface area contributed by atoms with E-state index >= 15 is 0 Å². The van der Waals surface area contributed by atoms with Gasteiger partial charge in [0.15, 0.2) is 6.10 Å². The number of amides is 1. The van der Waals surface area contributed by atoms with E-state index in [-0.39, 0.29) is 12.0 Å². The highest BCUT2D eigenvalue weighted by Gasteiger charge is 2.50. The number of carboxylic acids is 1. The standard InChI is InChI=1S/C31H33ClN2O4.C2HF3O2/c32-27-15-8-7-14-26(27)29(35)33-18-9-19-34-20-16-23(17-21-34)28(22-34)38-30(36)31(37,24-10-3-1-4-11-24)25-12-5-2-6-13-25;3-2(4,5)1(6)7/h1-8,10-15,23,28,37H,9,16-22H2;(H,6,7)/t23?,28-,34?;/m0./s1. The summed E-state index contributed by atoms with van der Waals surface area (Å²) < 4.78 is 38.6. The molecule has 3 aliphatic heterocycles. The molecule has 2 N–H and O–H groups in total. The van der Waals surface area contributed by atoms with Gasteiger partial charge in [-0.3, -0.25) is 4.79 Å². The molecular formula is C33H34ClF3N2O6. The van der Waals surface area contributed by atoms with E-state index in [4.69, 9.17) is 26.2 Å². The molecule has 3 aromatic carbocycles. The fraction of sp³-hybridized carbons (Fsp3) is 0.364. The maximum absolute atomic E-state index is 13.7. The Labute approximate surface area is 264 Å². The Morgan fingerprint density at radius 2 is 1.42 bits per heavy atom. The zero-order chi connectivity index (χ0) is 32.7. The second-order valence-corrected chi connectivity index (χ2v) is 11.7. The fourth-order valence-electron chi connectivity index (χ4n) is 6.01. The number of rotatable bonds is 9. The normalized spacial score (nSPS) is 20.8. The lowest BCUT2D eigenvalue weighted by Crippen LogP contribution is -2.65. The van der Waals surface area contributed by atoms with Crippen LogP contribution in [0, 0.1) is 5.92 Å². The molecule has 1 atom stereocenters.